The Labute approximate surface area is 144 Å². The van der Waals surface area contributed by atoms with E-state index in [2.05, 4.69) is 96.7 Å². The molecule has 122 valence electrons. The van der Waals surface area contributed by atoms with Crippen molar-refractivity contribution in [3.63, 3.8) is 0 Å². The fourth-order valence-corrected chi connectivity index (χ4v) is 9.34. The molecule has 2 N–H and O–H groups in total. The van der Waals surface area contributed by atoms with Crippen LogP contribution in [0.25, 0.3) is 0 Å². The first kappa shape index (κ1) is 17.8. The Kier molecular flexibility index (Phi) is 6.16. The summed E-state index contributed by atoms with van der Waals surface area (Å²) in [6.07, 6.45) is 0. The monoisotopic (exact) mass is 385 g/mol. The fourth-order valence-electron chi connectivity index (χ4n) is 2.63. The minimum atomic E-state index is -2.29. The first-order valence-electron chi connectivity index (χ1n) is 7.43. The molecule has 0 atom stereocenters. The van der Waals surface area contributed by atoms with Gasteiger partial charge in [0.1, 0.15) is 4.91 Å². The van der Waals surface area contributed by atoms with Crippen LogP contribution in [0.4, 0.5) is 0 Å². The summed E-state index contributed by atoms with van der Waals surface area (Å²) >= 11 is -2.29. The summed E-state index contributed by atoms with van der Waals surface area (Å²) in [5, 5.41) is 12.5. The Balaban J connectivity index is 0.000000471. The minimum absolute atomic E-state index is 1.25. The third kappa shape index (κ3) is 4.24. The van der Waals surface area contributed by atoms with Crippen LogP contribution in [0.5, 0.6) is 0 Å². The molecule has 0 aromatic heterocycles. The van der Waals surface area contributed by atoms with Gasteiger partial charge in [-0.3, -0.25) is 0 Å². The molecule has 0 amide bonds. The second-order valence-electron chi connectivity index (χ2n) is 5.27. The topological polar surface area (TPSA) is 60.5 Å². The molecule has 0 aliphatic carbocycles. The Morgan fingerprint density at radius 1 is 0.625 bits per heavy atom. The van der Waals surface area contributed by atoms with E-state index >= 15 is 0 Å². The molecular formula is C19H20AsNO3+2. The average Bonchev–Trinajstić information content (AvgIpc) is 2.63. The second kappa shape index (κ2) is 8.32. The van der Waals surface area contributed by atoms with E-state index in [0.717, 1.165) is 0 Å². The Bertz CT molecular complexity index is 664. The van der Waals surface area contributed by atoms with Gasteiger partial charge in [0.15, 0.2) is 0 Å². The molecule has 3 rings (SSSR count). The first-order valence-corrected chi connectivity index (χ1v) is 12.1. The maximum Gasteiger partial charge on any atom is 0.472 e. The van der Waals surface area contributed by atoms with Crippen LogP contribution in [0, 0.1) is 4.91 Å². The van der Waals surface area contributed by atoms with Crippen molar-refractivity contribution in [3.8, 4) is 0 Å². The molecule has 0 spiro atoms. The van der Waals surface area contributed by atoms with Gasteiger partial charge in [-0.05, 0) is 0 Å². The molecule has 0 unspecified atom stereocenters. The zero-order valence-corrected chi connectivity index (χ0v) is 15.2. The smallest absolute Gasteiger partial charge is 0.201 e. The van der Waals surface area contributed by atoms with E-state index in [4.69, 9.17) is 15.3 Å². The maximum absolute atomic E-state index is 8.47. The van der Waals surface area contributed by atoms with E-state index in [0.29, 0.717) is 0 Å². The summed E-state index contributed by atoms with van der Waals surface area (Å²) in [6.45, 7) is 0. The number of hydrogen-bond donors (Lipinski definition) is 2. The maximum atomic E-state index is 8.47. The Morgan fingerprint density at radius 2 is 0.833 bits per heavy atom. The number of rotatable bonds is 3. The third-order valence-electron chi connectivity index (χ3n) is 3.82. The molecule has 0 fully saturated rings. The van der Waals surface area contributed by atoms with Crippen LogP contribution in [0.15, 0.2) is 91.0 Å². The second-order valence-corrected chi connectivity index (χ2v) is 12.7. The van der Waals surface area contributed by atoms with Crippen LogP contribution in [0.1, 0.15) is 0 Å². The molecule has 5 heteroatoms. The molecular weight excluding hydrogens is 365 g/mol. The van der Waals surface area contributed by atoms with Gasteiger partial charge in [0.2, 0.25) is 0 Å². The summed E-state index contributed by atoms with van der Waals surface area (Å²) in [7, 11) is 0. The molecule has 0 radical (unpaired) electrons. The van der Waals surface area contributed by atoms with Gasteiger partial charge in [-0.15, -0.1) is 0 Å². The van der Waals surface area contributed by atoms with Gasteiger partial charge >= 0.3 is 128 Å². The van der Waals surface area contributed by atoms with Crippen molar-refractivity contribution in [2.45, 2.75) is 5.71 Å². The zero-order chi connectivity index (χ0) is 17.4. The SMILES string of the molecule is C[As+](c1ccccc1)(c1ccccc1)c1ccccc1.O=[N+](O)O. The van der Waals surface area contributed by atoms with Gasteiger partial charge in [-0.2, -0.15) is 0 Å². The summed E-state index contributed by atoms with van der Waals surface area (Å²) in [4.78, 5) is 8.47. The van der Waals surface area contributed by atoms with Gasteiger partial charge in [-0.25, -0.2) is 10.4 Å². The van der Waals surface area contributed by atoms with Gasteiger partial charge in [0.05, 0.1) is 0 Å². The molecule has 0 aliphatic rings. The summed E-state index contributed by atoms with van der Waals surface area (Å²) < 4.78 is 4.47. The molecule has 24 heavy (non-hydrogen) atoms. The van der Waals surface area contributed by atoms with Crippen molar-refractivity contribution in [1.82, 2.24) is 0 Å². The zero-order valence-electron chi connectivity index (χ0n) is 13.4. The Hall–Kier alpha value is -2.58. The van der Waals surface area contributed by atoms with Crippen LogP contribution in [-0.4, -0.2) is 29.1 Å². The van der Waals surface area contributed by atoms with E-state index in [1.807, 2.05) is 0 Å². The number of hydrogen-bond acceptors (Lipinski definition) is 1. The molecule has 0 bridgehead atoms. The largest absolute Gasteiger partial charge is 0.472 e. The third-order valence-corrected chi connectivity index (χ3v) is 12.2. The quantitative estimate of drug-likeness (QED) is 0.538. The van der Waals surface area contributed by atoms with E-state index in [1.165, 1.54) is 13.1 Å². The number of nitrogens with zero attached hydrogens (tertiary/aromatic N) is 1. The van der Waals surface area contributed by atoms with E-state index < -0.39 is 18.6 Å². The van der Waals surface area contributed by atoms with Crippen molar-refractivity contribution in [2.75, 3.05) is 0 Å². The molecule has 0 saturated carbocycles. The first-order chi connectivity index (χ1) is 11.5. The van der Waals surface area contributed by atoms with Crippen LogP contribution in [0.2, 0.25) is 5.71 Å². The summed E-state index contributed by atoms with van der Waals surface area (Å²) in [6, 6.07) is 32.9. The van der Waals surface area contributed by atoms with E-state index in [-0.39, 0.29) is 0 Å². The van der Waals surface area contributed by atoms with E-state index in [9.17, 15) is 0 Å². The molecule has 0 heterocycles. The van der Waals surface area contributed by atoms with Crippen molar-refractivity contribution in [3.05, 3.63) is 95.9 Å². The van der Waals surface area contributed by atoms with Crippen LogP contribution in [0.3, 0.4) is 0 Å². The van der Waals surface area contributed by atoms with Crippen LogP contribution < -0.4 is 13.1 Å². The summed E-state index contributed by atoms with van der Waals surface area (Å²) in [5.74, 6) is 0. The Morgan fingerprint density at radius 3 is 1.04 bits per heavy atom. The van der Waals surface area contributed by atoms with Gasteiger partial charge in [-0.1, -0.05) is 0 Å². The molecule has 3 aromatic rings. The average molecular weight is 385 g/mol. The molecule has 3 aromatic carbocycles. The van der Waals surface area contributed by atoms with Crippen LogP contribution in [-0.2, 0) is 0 Å². The fraction of sp³-hybridized carbons (Fsp3) is 0.0526. The standard InChI is InChI=1S/C19H18As.H2NO3/c1-20(17-11-5-2-6-12-17,18-13-7-3-8-14-18)19-15-9-4-10-16-19;2-1(3)4/h2-16H,1H3;(H2,2,3,4)/q2*+1. The molecule has 0 saturated heterocycles. The van der Waals surface area contributed by atoms with Crippen molar-refractivity contribution >= 4 is 26.6 Å². The molecule has 4 nitrogen and oxygen atoms in total. The summed E-state index contributed by atoms with van der Waals surface area (Å²) in [5.41, 5.74) is 2.47. The predicted octanol–water partition coefficient (Wildman–Crippen LogP) is 2.33. The van der Waals surface area contributed by atoms with Gasteiger partial charge in [0.25, 0.3) is 0 Å². The van der Waals surface area contributed by atoms with Crippen LogP contribution >= 0.6 is 0 Å². The van der Waals surface area contributed by atoms with Crippen molar-refractivity contribution < 1.29 is 15.5 Å². The number of benzene rings is 3. The van der Waals surface area contributed by atoms with Crippen molar-refractivity contribution in [2.24, 2.45) is 0 Å². The predicted molar refractivity (Wildman–Crippen MR) is 97.0 cm³/mol. The minimum Gasteiger partial charge on any atom is -0.201 e. The van der Waals surface area contributed by atoms with Gasteiger partial charge in [0, 0.05) is 0 Å². The van der Waals surface area contributed by atoms with Gasteiger partial charge < -0.3 is 0 Å². The molecule has 0 aliphatic heterocycles. The van der Waals surface area contributed by atoms with Crippen molar-refractivity contribution in [1.29, 1.82) is 0 Å². The van der Waals surface area contributed by atoms with E-state index in [1.54, 1.807) is 0 Å². The normalized spacial score (nSPS) is 10.4.